The molecule has 1 N–H and O–H groups in total. The average molecular weight is 290 g/mol. The smallest absolute Gasteiger partial charge is 0.147 e. The zero-order chi connectivity index (χ0) is 14.5. The van der Waals surface area contributed by atoms with Crippen molar-refractivity contribution < 1.29 is 4.74 Å². The molecule has 104 valence electrons. The van der Waals surface area contributed by atoms with E-state index in [1.165, 1.54) is 0 Å². The molecule has 0 bridgehead atoms. The summed E-state index contributed by atoms with van der Waals surface area (Å²) in [6.07, 6.45) is 0. The molecule has 20 heavy (non-hydrogen) atoms. The van der Waals surface area contributed by atoms with E-state index in [2.05, 4.69) is 15.5 Å². The third-order valence-corrected chi connectivity index (χ3v) is 3.22. The van der Waals surface area contributed by atoms with Crippen LogP contribution in [0.25, 0.3) is 0 Å². The minimum atomic E-state index is 0.512. The van der Waals surface area contributed by atoms with Gasteiger partial charge in [-0.3, -0.25) is 0 Å². The predicted molar refractivity (Wildman–Crippen MR) is 82.9 cm³/mol. The SMILES string of the molecule is CNc1ccc(N=Nc2c(Cl)cccc2OC)c(C)c1. The molecule has 4 nitrogen and oxygen atoms in total. The van der Waals surface area contributed by atoms with Crippen LogP contribution < -0.4 is 10.1 Å². The predicted octanol–water partition coefficient (Wildman–Crippen LogP) is 5.11. The number of halogens is 1. The molecule has 0 radical (unpaired) electrons. The van der Waals surface area contributed by atoms with Gasteiger partial charge < -0.3 is 10.1 Å². The van der Waals surface area contributed by atoms with Crippen molar-refractivity contribution in [1.29, 1.82) is 0 Å². The molecule has 0 heterocycles. The highest BCUT2D eigenvalue weighted by Gasteiger charge is 2.06. The normalized spacial score (nSPS) is 10.8. The van der Waals surface area contributed by atoms with Gasteiger partial charge in [-0.25, -0.2) is 0 Å². The zero-order valence-corrected chi connectivity index (χ0v) is 12.4. The topological polar surface area (TPSA) is 46.0 Å². The molecule has 2 rings (SSSR count). The summed E-state index contributed by atoms with van der Waals surface area (Å²) >= 11 is 6.12. The Balaban J connectivity index is 2.34. The number of hydrogen-bond acceptors (Lipinski definition) is 4. The van der Waals surface area contributed by atoms with Gasteiger partial charge in [0.25, 0.3) is 0 Å². The highest BCUT2D eigenvalue weighted by Crippen LogP contribution is 2.36. The van der Waals surface area contributed by atoms with Crippen molar-refractivity contribution in [2.75, 3.05) is 19.5 Å². The Hall–Kier alpha value is -2.07. The van der Waals surface area contributed by atoms with Gasteiger partial charge in [-0.05, 0) is 42.8 Å². The molecule has 0 saturated heterocycles. The zero-order valence-electron chi connectivity index (χ0n) is 11.6. The van der Waals surface area contributed by atoms with Crippen molar-refractivity contribution in [3.05, 3.63) is 47.0 Å². The maximum atomic E-state index is 6.12. The monoisotopic (exact) mass is 289 g/mol. The molecule has 0 aromatic heterocycles. The Bertz CT molecular complexity index is 641. The largest absolute Gasteiger partial charge is 0.494 e. The van der Waals surface area contributed by atoms with Gasteiger partial charge in [0.05, 0.1) is 17.8 Å². The molecule has 0 aliphatic carbocycles. The van der Waals surface area contributed by atoms with E-state index in [0.29, 0.717) is 16.5 Å². The quantitative estimate of drug-likeness (QED) is 0.795. The summed E-state index contributed by atoms with van der Waals surface area (Å²) in [5.74, 6) is 0.603. The number of anilines is 1. The van der Waals surface area contributed by atoms with Gasteiger partial charge >= 0.3 is 0 Å². The van der Waals surface area contributed by atoms with Gasteiger partial charge in [0.2, 0.25) is 0 Å². The van der Waals surface area contributed by atoms with Crippen LogP contribution in [0.5, 0.6) is 5.75 Å². The van der Waals surface area contributed by atoms with Crippen LogP contribution in [0, 0.1) is 6.92 Å². The van der Waals surface area contributed by atoms with Gasteiger partial charge in [-0.15, -0.1) is 5.11 Å². The Kier molecular flexibility index (Phi) is 4.58. The lowest BCUT2D eigenvalue weighted by atomic mass is 10.2. The van der Waals surface area contributed by atoms with Crippen molar-refractivity contribution in [2.24, 2.45) is 10.2 Å². The second kappa shape index (κ2) is 6.39. The molecular formula is C15H16ClN3O. The lowest BCUT2D eigenvalue weighted by Gasteiger charge is -2.06. The number of azo groups is 1. The summed E-state index contributed by atoms with van der Waals surface area (Å²) < 4.78 is 5.23. The van der Waals surface area contributed by atoms with Crippen molar-refractivity contribution >= 4 is 28.7 Å². The van der Waals surface area contributed by atoms with Crippen molar-refractivity contribution in [1.82, 2.24) is 0 Å². The van der Waals surface area contributed by atoms with Gasteiger partial charge in [0.15, 0.2) is 0 Å². The first kappa shape index (κ1) is 14.3. The molecule has 0 amide bonds. The van der Waals surface area contributed by atoms with Crippen LogP contribution >= 0.6 is 11.6 Å². The van der Waals surface area contributed by atoms with Crippen LogP contribution in [0.3, 0.4) is 0 Å². The number of aryl methyl sites for hydroxylation is 1. The minimum Gasteiger partial charge on any atom is -0.494 e. The van der Waals surface area contributed by atoms with E-state index >= 15 is 0 Å². The van der Waals surface area contributed by atoms with Gasteiger partial charge in [-0.1, -0.05) is 17.7 Å². The standard InChI is InChI=1S/C15H16ClN3O/c1-10-9-11(17-2)7-8-13(10)18-19-15-12(16)5-4-6-14(15)20-3/h4-9,17H,1-3H3. The fourth-order valence-corrected chi connectivity index (χ4v) is 1.99. The van der Waals surface area contributed by atoms with Gasteiger partial charge in [0.1, 0.15) is 11.4 Å². The number of nitrogens with zero attached hydrogens (tertiary/aromatic N) is 2. The molecular weight excluding hydrogens is 274 g/mol. The molecule has 0 unspecified atom stereocenters. The summed E-state index contributed by atoms with van der Waals surface area (Å²) in [5, 5.41) is 12.1. The molecule has 0 atom stereocenters. The van der Waals surface area contributed by atoms with E-state index in [1.807, 2.05) is 38.2 Å². The van der Waals surface area contributed by atoms with Crippen LogP contribution in [0.4, 0.5) is 17.1 Å². The molecule has 0 aliphatic rings. The number of nitrogens with one attached hydrogen (secondary N) is 1. The van der Waals surface area contributed by atoms with Gasteiger partial charge in [0, 0.05) is 12.7 Å². The second-order valence-electron chi connectivity index (χ2n) is 4.24. The van der Waals surface area contributed by atoms with Crippen LogP contribution in [-0.2, 0) is 0 Å². The van der Waals surface area contributed by atoms with E-state index in [1.54, 1.807) is 19.2 Å². The Morgan fingerprint density at radius 3 is 2.60 bits per heavy atom. The molecule has 5 heteroatoms. The fraction of sp³-hybridized carbons (Fsp3) is 0.200. The highest BCUT2D eigenvalue weighted by atomic mass is 35.5. The summed E-state index contributed by atoms with van der Waals surface area (Å²) in [6.45, 7) is 1.99. The maximum absolute atomic E-state index is 6.12. The van der Waals surface area contributed by atoms with Crippen molar-refractivity contribution in [3.8, 4) is 5.75 Å². The molecule has 2 aromatic carbocycles. The van der Waals surface area contributed by atoms with Crippen molar-refractivity contribution in [2.45, 2.75) is 6.92 Å². The number of ether oxygens (including phenoxy) is 1. The van der Waals surface area contributed by atoms with E-state index in [4.69, 9.17) is 16.3 Å². The lowest BCUT2D eigenvalue weighted by Crippen LogP contribution is -1.87. The number of hydrogen-bond donors (Lipinski definition) is 1. The number of methoxy groups -OCH3 is 1. The maximum Gasteiger partial charge on any atom is 0.147 e. The molecule has 0 spiro atoms. The molecule has 0 fully saturated rings. The van der Waals surface area contributed by atoms with E-state index < -0.39 is 0 Å². The third-order valence-electron chi connectivity index (χ3n) is 2.91. The summed E-state index contributed by atoms with van der Waals surface area (Å²) in [4.78, 5) is 0. The van der Waals surface area contributed by atoms with E-state index in [-0.39, 0.29) is 0 Å². The fourth-order valence-electron chi connectivity index (χ4n) is 1.78. The number of rotatable bonds is 4. The first-order valence-electron chi connectivity index (χ1n) is 6.18. The molecule has 2 aromatic rings. The van der Waals surface area contributed by atoms with Crippen LogP contribution in [0.15, 0.2) is 46.6 Å². The first-order chi connectivity index (χ1) is 9.65. The second-order valence-corrected chi connectivity index (χ2v) is 4.65. The summed E-state index contributed by atoms with van der Waals surface area (Å²) in [7, 11) is 3.46. The lowest BCUT2D eigenvalue weighted by molar-refractivity contribution is 0.416. The Morgan fingerprint density at radius 1 is 1.15 bits per heavy atom. The van der Waals surface area contributed by atoms with Crippen LogP contribution in [-0.4, -0.2) is 14.2 Å². The van der Waals surface area contributed by atoms with Gasteiger partial charge in [-0.2, -0.15) is 5.11 Å². The van der Waals surface area contributed by atoms with Crippen LogP contribution in [0.2, 0.25) is 5.02 Å². The van der Waals surface area contributed by atoms with Crippen LogP contribution in [0.1, 0.15) is 5.56 Å². The molecule has 0 aliphatic heterocycles. The van der Waals surface area contributed by atoms with E-state index in [9.17, 15) is 0 Å². The number of benzene rings is 2. The minimum absolute atomic E-state index is 0.512. The summed E-state index contributed by atoms with van der Waals surface area (Å²) in [5.41, 5.74) is 3.41. The average Bonchev–Trinajstić information content (AvgIpc) is 2.46. The first-order valence-corrected chi connectivity index (χ1v) is 6.56. The summed E-state index contributed by atoms with van der Waals surface area (Å²) in [6, 6.07) is 11.2. The highest BCUT2D eigenvalue weighted by molar-refractivity contribution is 6.33. The van der Waals surface area contributed by atoms with Crippen molar-refractivity contribution in [3.63, 3.8) is 0 Å². The third kappa shape index (κ3) is 3.08. The Labute approximate surface area is 123 Å². The van der Waals surface area contributed by atoms with E-state index in [0.717, 1.165) is 16.9 Å². The Morgan fingerprint density at radius 2 is 1.95 bits per heavy atom. The molecule has 0 saturated carbocycles.